The van der Waals surface area contributed by atoms with E-state index in [1.807, 2.05) is 50.2 Å². The molecule has 0 radical (unpaired) electrons. The molecule has 0 fully saturated rings. The van der Waals surface area contributed by atoms with Gasteiger partial charge in [0.2, 0.25) is 0 Å². The number of imidazole rings is 1. The van der Waals surface area contributed by atoms with E-state index in [4.69, 9.17) is 9.47 Å². The molecule has 26 heavy (non-hydrogen) atoms. The topological polar surface area (TPSA) is 70.9 Å². The molecular formula is C21H21N3O2. The van der Waals surface area contributed by atoms with Gasteiger partial charge in [-0.2, -0.15) is 5.26 Å². The lowest BCUT2D eigenvalue weighted by Crippen LogP contribution is -1.98. The maximum absolute atomic E-state index is 9.60. The third kappa shape index (κ3) is 3.70. The van der Waals surface area contributed by atoms with Crippen LogP contribution in [0.3, 0.4) is 0 Å². The molecule has 0 saturated heterocycles. The fourth-order valence-corrected chi connectivity index (χ4v) is 2.68. The van der Waals surface area contributed by atoms with Gasteiger partial charge in [0, 0.05) is 0 Å². The van der Waals surface area contributed by atoms with E-state index in [1.165, 1.54) is 0 Å². The van der Waals surface area contributed by atoms with Crippen LogP contribution in [0.5, 0.6) is 11.5 Å². The first-order valence-corrected chi connectivity index (χ1v) is 8.54. The number of allylic oxidation sites excluding steroid dienone is 1. The Labute approximate surface area is 152 Å². The number of fused-ring (bicyclic) bond motifs is 1. The van der Waals surface area contributed by atoms with Gasteiger partial charge in [-0.25, -0.2) is 4.98 Å². The van der Waals surface area contributed by atoms with Crippen LogP contribution in [0.1, 0.15) is 30.3 Å². The number of nitriles is 1. The number of aryl methyl sites for hydroxylation is 1. The van der Waals surface area contributed by atoms with Crippen molar-refractivity contribution in [1.82, 2.24) is 9.97 Å². The smallest absolute Gasteiger partial charge is 0.161 e. The fraction of sp³-hybridized carbons (Fsp3) is 0.238. The summed E-state index contributed by atoms with van der Waals surface area (Å²) in [6.45, 7) is 4.68. The number of H-pyrrole nitrogens is 1. The molecule has 5 heteroatoms. The van der Waals surface area contributed by atoms with Crippen molar-refractivity contribution >= 4 is 22.7 Å². The van der Waals surface area contributed by atoms with Crippen molar-refractivity contribution in [2.24, 2.45) is 0 Å². The maximum Gasteiger partial charge on any atom is 0.161 e. The summed E-state index contributed by atoms with van der Waals surface area (Å²) in [5, 5.41) is 9.60. The largest absolute Gasteiger partial charge is 0.493 e. The van der Waals surface area contributed by atoms with Gasteiger partial charge in [0.05, 0.1) is 30.3 Å². The summed E-state index contributed by atoms with van der Waals surface area (Å²) in [5.74, 6) is 1.90. The Morgan fingerprint density at radius 2 is 2.08 bits per heavy atom. The second-order valence-corrected chi connectivity index (χ2v) is 6.03. The predicted molar refractivity (Wildman–Crippen MR) is 103 cm³/mol. The summed E-state index contributed by atoms with van der Waals surface area (Å²) in [7, 11) is 1.61. The quantitative estimate of drug-likeness (QED) is 0.654. The molecule has 0 spiro atoms. The molecule has 0 aliphatic carbocycles. The van der Waals surface area contributed by atoms with Crippen LogP contribution in [-0.2, 0) is 0 Å². The standard InChI is InChI=1S/C21H21N3O2/c1-4-9-26-20-12-15(6-8-19(20)25-3)11-16(13-22)21-23-17-7-5-14(2)10-18(17)24-21/h5-8,10-12H,4,9H2,1-3H3,(H,23,24)/b16-11-. The van der Waals surface area contributed by atoms with Crippen molar-refractivity contribution in [2.45, 2.75) is 20.3 Å². The Morgan fingerprint density at radius 3 is 2.81 bits per heavy atom. The van der Waals surface area contributed by atoms with Crippen molar-refractivity contribution in [2.75, 3.05) is 13.7 Å². The number of hydrogen-bond acceptors (Lipinski definition) is 4. The average molecular weight is 347 g/mol. The molecule has 1 aromatic heterocycles. The first-order valence-electron chi connectivity index (χ1n) is 8.54. The highest BCUT2D eigenvalue weighted by atomic mass is 16.5. The minimum Gasteiger partial charge on any atom is -0.493 e. The van der Waals surface area contributed by atoms with E-state index >= 15 is 0 Å². The first-order chi connectivity index (χ1) is 12.6. The molecule has 3 rings (SSSR count). The van der Waals surface area contributed by atoms with E-state index in [1.54, 1.807) is 13.2 Å². The van der Waals surface area contributed by atoms with Crippen LogP contribution < -0.4 is 9.47 Å². The highest BCUT2D eigenvalue weighted by Gasteiger charge is 2.10. The van der Waals surface area contributed by atoms with Crippen LogP contribution in [0.4, 0.5) is 0 Å². The maximum atomic E-state index is 9.60. The van der Waals surface area contributed by atoms with E-state index in [-0.39, 0.29) is 0 Å². The molecule has 3 aromatic rings. The van der Waals surface area contributed by atoms with Crippen molar-refractivity contribution in [3.63, 3.8) is 0 Å². The van der Waals surface area contributed by atoms with Gasteiger partial charge in [-0.15, -0.1) is 0 Å². The Hall–Kier alpha value is -3.26. The number of nitrogens with zero attached hydrogens (tertiary/aromatic N) is 2. The average Bonchev–Trinajstić information content (AvgIpc) is 3.07. The summed E-state index contributed by atoms with van der Waals surface area (Å²) in [6, 6.07) is 13.8. The zero-order valence-corrected chi connectivity index (χ0v) is 15.2. The minimum atomic E-state index is 0.463. The summed E-state index contributed by atoms with van der Waals surface area (Å²) in [4.78, 5) is 7.75. The molecule has 0 amide bonds. The van der Waals surface area contributed by atoms with Crippen LogP contribution in [-0.4, -0.2) is 23.7 Å². The molecule has 0 aliphatic rings. The Balaban J connectivity index is 1.98. The minimum absolute atomic E-state index is 0.463. The van der Waals surface area contributed by atoms with Crippen molar-refractivity contribution in [3.05, 3.63) is 53.3 Å². The van der Waals surface area contributed by atoms with Crippen LogP contribution >= 0.6 is 0 Å². The van der Waals surface area contributed by atoms with Gasteiger partial charge in [0.1, 0.15) is 11.9 Å². The van der Waals surface area contributed by atoms with Crippen LogP contribution in [0.2, 0.25) is 0 Å². The van der Waals surface area contributed by atoms with Gasteiger partial charge in [0.15, 0.2) is 11.5 Å². The molecule has 1 N–H and O–H groups in total. The summed E-state index contributed by atoms with van der Waals surface area (Å²) in [5.41, 5.74) is 4.22. The molecule has 0 unspecified atom stereocenters. The van der Waals surface area contributed by atoms with Crippen molar-refractivity contribution < 1.29 is 9.47 Å². The molecular weight excluding hydrogens is 326 g/mol. The number of nitrogens with one attached hydrogen (secondary N) is 1. The van der Waals surface area contributed by atoms with E-state index in [2.05, 4.69) is 16.0 Å². The SMILES string of the molecule is CCCOc1cc(/C=C(/C#N)c2nc3ccc(C)cc3[nH]2)ccc1OC. The fourth-order valence-electron chi connectivity index (χ4n) is 2.68. The van der Waals surface area contributed by atoms with Gasteiger partial charge >= 0.3 is 0 Å². The number of rotatable bonds is 6. The Kier molecular flexibility index (Phi) is 5.23. The van der Waals surface area contributed by atoms with Gasteiger partial charge in [-0.1, -0.05) is 19.1 Å². The van der Waals surface area contributed by atoms with Crippen molar-refractivity contribution in [3.8, 4) is 17.6 Å². The third-order valence-corrected chi connectivity index (χ3v) is 3.97. The lowest BCUT2D eigenvalue weighted by molar-refractivity contribution is 0.294. The summed E-state index contributed by atoms with van der Waals surface area (Å²) in [6.07, 6.45) is 2.70. The number of hydrogen-bond donors (Lipinski definition) is 1. The lowest BCUT2D eigenvalue weighted by atomic mass is 10.1. The van der Waals surface area contributed by atoms with E-state index < -0.39 is 0 Å². The Bertz CT molecular complexity index is 996. The van der Waals surface area contributed by atoms with Gasteiger partial charge < -0.3 is 14.5 Å². The highest BCUT2D eigenvalue weighted by Crippen LogP contribution is 2.30. The zero-order valence-electron chi connectivity index (χ0n) is 15.2. The van der Waals surface area contributed by atoms with E-state index in [0.29, 0.717) is 29.5 Å². The molecule has 0 saturated carbocycles. The number of benzene rings is 2. The van der Waals surface area contributed by atoms with E-state index in [9.17, 15) is 5.26 Å². The van der Waals surface area contributed by atoms with Crippen LogP contribution in [0.25, 0.3) is 22.7 Å². The molecule has 0 bridgehead atoms. The molecule has 0 aliphatic heterocycles. The number of aromatic nitrogens is 2. The molecule has 2 aromatic carbocycles. The Morgan fingerprint density at radius 1 is 1.23 bits per heavy atom. The molecule has 0 atom stereocenters. The molecule has 1 heterocycles. The van der Waals surface area contributed by atoms with Gasteiger partial charge in [0.25, 0.3) is 0 Å². The number of aromatic amines is 1. The van der Waals surface area contributed by atoms with Gasteiger partial charge in [-0.05, 0) is 54.8 Å². The lowest BCUT2D eigenvalue weighted by Gasteiger charge is -2.10. The summed E-state index contributed by atoms with van der Waals surface area (Å²) < 4.78 is 11.1. The molecule has 132 valence electrons. The molecule has 5 nitrogen and oxygen atoms in total. The second kappa shape index (κ2) is 7.75. The van der Waals surface area contributed by atoms with Crippen molar-refractivity contribution in [1.29, 1.82) is 5.26 Å². The second-order valence-electron chi connectivity index (χ2n) is 6.03. The van der Waals surface area contributed by atoms with Gasteiger partial charge in [-0.3, -0.25) is 0 Å². The zero-order chi connectivity index (χ0) is 18.5. The van der Waals surface area contributed by atoms with E-state index in [0.717, 1.165) is 28.6 Å². The normalized spacial score (nSPS) is 11.4. The number of methoxy groups -OCH3 is 1. The monoisotopic (exact) mass is 347 g/mol. The highest BCUT2D eigenvalue weighted by molar-refractivity contribution is 5.90. The number of ether oxygens (including phenoxy) is 2. The first kappa shape index (κ1) is 17.6. The van der Waals surface area contributed by atoms with Crippen LogP contribution in [0, 0.1) is 18.3 Å². The summed E-state index contributed by atoms with van der Waals surface area (Å²) >= 11 is 0. The predicted octanol–water partition coefficient (Wildman–Crippen LogP) is 4.73. The van der Waals surface area contributed by atoms with Crippen LogP contribution in [0.15, 0.2) is 36.4 Å². The third-order valence-electron chi connectivity index (χ3n) is 3.97.